The average Bonchev–Trinajstić information content (AvgIpc) is 2.55. The Morgan fingerprint density at radius 2 is 1.52 bits per heavy atom. The summed E-state index contributed by atoms with van der Waals surface area (Å²) in [5.41, 5.74) is 0.0722. The average molecular weight is 330 g/mol. The van der Waals surface area contributed by atoms with E-state index >= 15 is 0 Å². The number of ether oxygens (including phenoxy) is 2. The van der Waals surface area contributed by atoms with E-state index in [1.807, 2.05) is 4.90 Å². The molecule has 0 aliphatic carbocycles. The molecule has 1 rings (SSSR count). The lowest BCUT2D eigenvalue weighted by Gasteiger charge is -2.27. The summed E-state index contributed by atoms with van der Waals surface area (Å²) >= 11 is 0. The van der Waals surface area contributed by atoms with E-state index in [2.05, 4.69) is 26.1 Å². The summed E-state index contributed by atoms with van der Waals surface area (Å²) in [4.78, 5) is 25.3. The Balaban J connectivity index is 0. The molecule has 0 unspecified atom stereocenters. The molecule has 6 heteroatoms. The summed E-state index contributed by atoms with van der Waals surface area (Å²) in [5.74, 6) is 0. The monoisotopic (exact) mass is 330 g/mol. The van der Waals surface area contributed by atoms with Gasteiger partial charge in [0, 0.05) is 35.3 Å². The molecule has 0 aliphatic rings. The van der Waals surface area contributed by atoms with Crippen LogP contribution in [-0.4, -0.2) is 47.1 Å². The van der Waals surface area contributed by atoms with Gasteiger partial charge in [-0.05, 0) is 6.42 Å². The number of hydrogen-bond acceptors (Lipinski definition) is 6. The van der Waals surface area contributed by atoms with Crippen LogP contribution in [0.25, 0.3) is 0 Å². The molecule has 23 heavy (non-hydrogen) atoms. The van der Waals surface area contributed by atoms with Crippen molar-refractivity contribution in [2.45, 2.75) is 40.0 Å². The Hall–Kier alpha value is -1.40. The van der Waals surface area contributed by atoms with Crippen molar-refractivity contribution in [2.24, 2.45) is 0 Å². The van der Waals surface area contributed by atoms with Gasteiger partial charge < -0.3 is 19.7 Å². The highest BCUT2D eigenvalue weighted by atomic mass is 16.5. The van der Waals surface area contributed by atoms with E-state index in [4.69, 9.17) is 9.47 Å². The van der Waals surface area contributed by atoms with Crippen molar-refractivity contribution in [2.75, 3.05) is 57.3 Å². The van der Waals surface area contributed by atoms with Gasteiger partial charge in [-0.3, -0.25) is 9.59 Å². The third kappa shape index (κ3) is 7.14. The van der Waals surface area contributed by atoms with Crippen LogP contribution in [-0.2, 0) is 9.47 Å². The van der Waals surface area contributed by atoms with Crippen molar-refractivity contribution in [1.29, 1.82) is 0 Å². The number of hydrogen-bond donors (Lipinski definition) is 1. The van der Waals surface area contributed by atoms with Crippen LogP contribution >= 0.6 is 0 Å². The van der Waals surface area contributed by atoms with E-state index in [-0.39, 0.29) is 1.43 Å². The molecule has 0 radical (unpaired) electrons. The maximum Gasteiger partial charge on any atom is 0.253 e. The molecule has 1 N–H and O–H groups in total. The highest BCUT2D eigenvalue weighted by Crippen LogP contribution is 2.19. The summed E-state index contributed by atoms with van der Waals surface area (Å²) in [5, 5.41) is 3.07. The van der Waals surface area contributed by atoms with E-state index in [1.54, 1.807) is 14.2 Å². The first kappa shape index (κ1) is 21.6. The van der Waals surface area contributed by atoms with Gasteiger partial charge in [-0.1, -0.05) is 33.6 Å². The fourth-order valence-electron chi connectivity index (χ4n) is 1.97. The molecule has 1 aromatic rings. The predicted molar refractivity (Wildman–Crippen MR) is 98.8 cm³/mol. The van der Waals surface area contributed by atoms with Crippen LogP contribution in [0.2, 0.25) is 0 Å². The van der Waals surface area contributed by atoms with Crippen LogP contribution in [0.4, 0.5) is 11.4 Å². The van der Waals surface area contributed by atoms with E-state index in [0.29, 0.717) is 44.2 Å². The van der Waals surface area contributed by atoms with Crippen LogP contribution in [0, 0.1) is 0 Å². The number of nitrogens with zero attached hydrogens (tertiary/aromatic N) is 1. The van der Waals surface area contributed by atoms with Crippen molar-refractivity contribution in [3.63, 3.8) is 0 Å². The van der Waals surface area contributed by atoms with Gasteiger partial charge in [0.05, 0.1) is 13.2 Å². The second kappa shape index (κ2) is 13.1. The lowest BCUT2D eigenvalue weighted by molar-refractivity contribution is 0.190. The number of anilines is 2. The minimum atomic E-state index is -0.420. The molecule has 6 nitrogen and oxygen atoms in total. The lowest BCUT2D eigenvalue weighted by atomic mass is 10.1. The molecule has 0 aromatic heterocycles. The molecule has 0 bridgehead atoms. The molecule has 1 aromatic carbocycles. The Kier molecular flexibility index (Phi) is 12.3. The first-order valence-corrected chi connectivity index (χ1v) is 8.38. The fraction of sp³-hybridized carbons (Fsp3) is 0.765. The lowest BCUT2D eigenvalue weighted by Crippen LogP contribution is -2.45. The molecule has 0 amide bonds. The molecule has 0 atom stereocenters. The normalized spacial score (nSPS) is 10.3. The van der Waals surface area contributed by atoms with Gasteiger partial charge in [0.15, 0.2) is 0 Å². The number of methoxy groups -OCH3 is 2. The molecule has 0 aliphatic heterocycles. The molecule has 0 heterocycles. The Morgan fingerprint density at radius 1 is 1.00 bits per heavy atom. The minimum Gasteiger partial charge on any atom is -0.383 e. The predicted octanol–water partition coefficient (Wildman–Crippen LogP) is 2.26. The molecule has 136 valence electrons. The van der Waals surface area contributed by atoms with Gasteiger partial charge in [-0.15, -0.1) is 0 Å². The smallest absolute Gasteiger partial charge is 0.253 e. The first-order chi connectivity index (χ1) is 11.1. The highest BCUT2D eigenvalue weighted by molar-refractivity contribution is 5.75. The van der Waals surface area contributed by atoms with Crippen molar-refractivity contribution >= 4 is 11.4 Å². The summed E-state index contributed by atoms with van der Waals surface area (Å²) < 4.78 is 10.1. The zero-order valence-corrected chi connectivity index (χ0v) is 15.2. The topological polar surface area (TPSA) is 67.9 Å². The van der Waals surface area contributed by atoms with Gasteiger partial charge in [-0.2, -0.15) is 0 Å². The van der Waals surface area contributed by atoms with Gasteiger partial charge in [-0.25, -0.2) is 0 Å². The SMILES string of the molecule is CCC.CCCCNc1c(N(CCOC)CCOC)c(=O)c1=O.[HH]. The summed E-state index contributed by atoms with van der Waals surface area (Å²) in [6.07, 6.45) is 3.25. The van der Waals surface area contributed by atoms with Gasteiger partial charge in [0.1, 0.15) is 11.4 Å². The van der Waals surface area contributed by atoms with Gasteiger partial charge in [0.25, 0.3) is 10.9 Å². The fourth-order valence-corrected chi connectivity index (χ4v) is 1.97. The molecular formula is C17H34N2O4. The summed E-state index contributed by atoms with van der Waals surface area (Å²) in [7, 11) is 3.22. The largest absolute Gasteiger partial charge is 0.383 e. The number of rotatable bonds is 11. The van der Waals surface area contributed by atoms with E-state index < -0.39 is 10.9 Å². The molecule has 0 fully saturated rings. The van der Waals surface area contributed by atoms with Gasteiger partial charge >= 0.3 is 0 Å². The van der Waals surface area contributed by atoms with Crippen LogP contribution in [0.5, 0.6) is 0 Å². The second-order valence-electron chi connectivity index (χ2n) is 5.34. The van der Waals surface area contributed by atoms with E-state index in [1.165, 1.54) is 6.42 Å². The minimum absolute atomic E-state index is 0. The van der Waals surface area contributed by atoms with E-state index in [9.17, 15) is 9.59 Å². The third-order valence-corrected chi connectivity index (χ3v) is 3.16. The molecule has 0 spiro atoms. The van der Waals surface area contributed by atoms with Crippen LogP contribution in [0.1, 0.15) is 41.5 Å². The van der Waals surface area contributed by atoms with Crippen LogP contribution in [0.3, 0.4) is 0 Å². The molecular weight excluding hydrogens is 296 g/mol. The van der Waals surface area contributed by atoms with Crippen molar-refractivity contribution in [3.8, 4) is 0 Å². The maximum atomic E-state index is 11.8. The van der Waals surface area contributed by atoms with Crippen molar-refractivity contribution in [1.82, 2.24) is 0 Å². The quantitative estimate of drug-likeness (QED) is 0.496. The third-order valence-electron chi connectivity index (χ3n) is 3.16. The summed E-state index contributed by atoms with van der Waals surface area (Å²) in [6, 6.07) is 0. The van der Waals surface area contributed by atoms with Crippen molar-refractivity contribution < 1.29 is 10.9 Å². The van der Waals surface area contributed by atoms with Crippen LogP contribution < -0.4 is 21.1 Å². The Bertz CT molecular complexity index is 479. The number of nitrogens with one attached hydrogen (secondary N) is 1. The van der Waals surface area contributed by atoms with Crippen LogP contribution in [0.15, 0.2) is 9.59 Å². The standard InChI is InChI=1S/C14H24N2O4.C3H8.H2/c1-4-5-6-15-11-12(14(18)13(11)17)16(7-9-19-2)8-10-20-3;1-3-2;/h15H,4-10H2,1-3H3;3H2,1-2H3;1H. The highest BCUT2D eigenvalue weighted by Gasteiger charge is 2.25. The zero-order valence-electron chi connectivity index (χ0n) is 15.2. The second-order valence-corrected chi connectivity index (χ2v) is 5.34. The Labute approximate surface area is 141 Å². The van der Waals surface area contributed by atoms with Gasteiger partial charge in [0.2, 0.25) is 0 Å². The number of unbranched alkanes of at least 4 members (excludes halogenated alkanes) is 1. The summed E-state index contributed by atoms with van der Waals surface area (Å²) in [6.45, 7) is 9.15. The van der Waals surface area contributed by atoms with Crippen molar-refractivity contribution in [3.05, 3.63) is 20.4 Å². The molecule has 0 saturated heterocycles. The maximum absolute atomic E-state index is 11.8. The zero-order chi connectivity index (χ0) is 17.7. The first-order valence-electron chi connectivity index (χ1n) is 8.38. The Morgan fingerprint density at radius 3 is 1.96 bits per heavy atom. The molecule has 0 saturated carbocycles. The van der Waals surface area contributed by atoms with E-state index in [0.717, 1.165) is 12.8 Å².